The fourth-order valence-electron chi connectivity index (χ4n) is 5.10. The number of halogens is 5. The first-order chi connectivity index (χ1) is 21.4. The maximum absolute atomic E-state index is 14.4. The number of nitrogens with one attached hydrogen (secondary N) is 1. The van der Waals surface area contributed by atoms with Crippen molar-refractivity contribution in [1.29, 1.82) is 0 Å². The van der Waals surface area contributed by atoms with Gasteiger partial charge in [-0.2, -0.15) is 13.2 Å². The second-order valence-electron chi connectivity index (χ2n) is 9.81. The van der Waals surface area contributed by atoms with Gasteiger partial charge in [-0.3, -0.25) is 14.5 Å². The Morgan fingerprint density at radius 3 is 2.09 bits per heavy atom. The Morgan fingerprint density at radius 1 is 0.867 bits per heavy atom. The summed E-state index contributed by atoms with van der Waals surface area (Å²) in [6.07, 6.45) is -4.97. The molecular formula is C31H25Cl2F3N2O7. The molecule has 0 spiro atoms. The number of benzene rings is 3. The van der Waals surface area contributed by atoms with Gasteiger partial charge >= 0.3 is 6.18 Å². The van der Waals surface area contributed by atoms with E-state index in [9.17, 15) is 22.8 Å². The highest BCUT2D eigenvalue weighted by molar-refractivity contribution is 6.33. The maximum Gasteiger partial charge on any atom is 0.416 e. The van der Waals surface area contributed by atoms with E-state index in [1.807, 2.05) is 0 Å². The number of β-lactam (4-membered cyclic amide) rings is 1. The second kappa shape index (κ2) is 12.1. The number of hydrogen-bond acceptors (Lipinski definition) is 7. The van der Waals surface area contributed by atoms with Crippen LogP contribution in [0.25, 0.3) is 11.3 Å². The van der Waals surface area contributed by atoms with E-state index < -0.39 is 29.1 Å². The van der Waals surface area contributed by atoms with Gasteiger partial charge in [0.15, 0.2) is 5.54 Å². The van der Waals surface area contributed by atoms with Crippen LogP contribution in [0.4, 0.5) is 24.5 Å². The largest absolute Gasteiger partial charge is 0.495 e. The number of carbonyl (C=O) groups excluding carboxylic acids is 2. The lowest BCUT2D eigenvalue weighted by molar-refractivity contribution is -0.138. The summed E-state index contributed by atoms with van der Waals surface area (Å²) in [5.74, 6) is -0.366. The highest BCUT2D eigenvalue weighted by Crippen LogP contribution is 2.52. The highest BCUT2D eigenvalue weighted by atomic mass is 35.5. The molecule has 2 heterocycles. The molecule has 0 saturated carbocycles. The molecule has 1 N–H and O–H groups in total. The van der Waals surface area contributed by atoms with Crippen molar-refractivity contribution in [1.82, 2.24) is 0 Å². The van der Waals surface area contributed by atoms with E-state index in [0.29, 0.717) is 0 Å². The van der Waals surface area contributed by atoms with Gasteiger partial charge in [-0.05, 0) is 36.4 Å². The first-order valence-corrected chi connectivity index (χ1v) is 13.9. The third kappa shape index (κ3) is 5.59. The fourth-order valence-corrected chi connectivity index (χ4v) is 5.57. The van der Waals surface area contributed by atoms with Crippen molar-refractivity contribution in [3.8, 4) is 34.3 Å². The van der Waals surface area contributed by atoms with Crippen LogP contribution in [0.5, 0.6) is 23.0 Å². The van der Waals surface area contributed by atoms with Gasteiger partial charge in [0.1, 0.15) is 34.5 Å². The van der Waals surface area contributed by atoms with Crippen LogP contribution in [0, 0.1) is 0 Å². The van der Waals surface area contributed by atoms with Gasteiger partial charge in [-0.15, -0.1) is 0 Å². The molecule has 1 saturated heterocycles. The van der Waals surface area contributed by atoms with Gasteiger partial charge in [0.25, 0.3) is 5.91 Å². The van der Waals surface area contributed by atoms with Gasteiger partial charge in [-0.25, -0.2) is 0 Å². The maximum atomic E-state index is 14.4. The van der Waals surface area contributed by atoms with E-state index >= 15 is 0 Å². The lowest BCUT2D eigenvalue weighted by atomic mass is 9.79. The molecule has 1 aromatic heterocycles. The lowest BCUT2D eigenvalue weighted by Gasteiger charge is -2.49. The number of hydrogen-bond donors (Lipinski definition) is 1. The lowest BCUT2D eigenvalue weighted by Crippen LogP contribution is -2.67. The van der Waals surface area contributed by atoms with Crippen molar-refractivity contribution in [3.63, 3.8) is 0 Å². The van der Waals surface area contributed by atoms with Crippen LogP contribution in [0.2, 0.25) is 10.0 Å². The van der Waals surface area contributed by atoms with E-state index in [-0.39, 0.29) is 67.9 Å². The van der Waals surface area contributed by atoms with Gasteiger partial charge in [-0.1, -0.05) is 35.3 Å². The average Bonchev–Trinajstić information content (AvgIpc) is 3.50. The van der Waals surface area contributed by atoms with Crippen LogP contribution in [0.1, 0.15) is 17.7 Å². The van der Waals surface area contributed by atoms with E-state index in [2.05, 4.69) is 5.32 Å². The number of methoxy groups -OCH3 is 4. The van der Waals surface area contributed by atoms with Crippen molar-refractivity contribution in [2.24, 2.45) is 0 Å². The first-order valence-electron chi connectivity index (χ1n) is 13.1. The standard InChI is InChI=1S/C31H25Cl2F3N2O7/c1-41-23-13-25(43-3)20(11-18(23)32)37-29(40)30(15-28(39)38(30)21-12-19(33)24(42-2)14-26(21)44-4)27-9-8-22(45-27)16-6-5-7-17(10-16)31(34,35)36/h5-14H,15H2,1-4H3,(H,37,40). The monoisotopic (exact) mass is 664 g/mol. The quantitative estimate of drug-likeness (QED) is 0.184. The third-order valence-electron chi connectivity index (χ3n) is 7.32. The van der Waals surface area contributed by atoms with Crippen molar-refractivity contribution >= 4 is 46.4 Å². The molecule has 5 rings (SSSR count). The molecule has 1 aliphatic heterocycles. The predicted molar refractivity (Wildman–Crippen MR) is 161 cm³/mol. The molecule has 2 amide bonds. The molecule has 1 atom stereocenters. The molecule has 1 unspecified atom stereocenters. The first kappa shape index (κ1) is 31.9. The van der Waals surface area contributed by atoms with E-state index in [0.717, 1.165) is 17.0 Å². The number of nitrogens with zero attached hydrogens (tertiary/aromatic N) is 1. The second-order valence-corrected chi connectivity index (χ2v) is 10.6. The molecule has 0 bridgehead atoms. The fraction of sp³-hybridized carbons (Fsp3) is 0.226. The molecule has 14 heteroatoms. The van der Waals surface area contributed by atoms with Crippen LogP contribution < -0.4 is 29.2 Å². The number of furan rings is 1. The summed E-state index contributed by atoms with van der Waals surface area (Å²) in [6.45, 7) is 0. The summed E-state index contributed by atoms with van der Waals surface area (Å²) in [5.41, 5.74) is -2.37. The third-order valence-corrected chi connectivity index (χ3v) is 7.91. The van der Waals surface area contributed by atoms with Crippen molar-refractivity contribution < 1.29 is 46.1 Å². The minimum absolute atomic E-state index is 0.0346. The number of anilines is 2. The minimum atomic E-state index is -4.59. The topological polar surface area (TPSA) is 99.5 Å². The van der Waals surface area contributed by atoms with Crippen molar-refractivity contribution in [3.05, 3.63) is 82.0 Å². The van der Waals surface area contributed by atoms with E-state index in [4.69, 9.17) is 46.6 Å². The molecule has 236 valence electrons. The average molecular weight is 665 g/mol. The Kier molecular flexibility index (Phi) is 8.56. The summed E-state index contributed by atoms with van der Waals surface area (Å²) in [6, 6.07) is 13.1. The van der Waals surface area contributed by atoms with Gasteiger partial charge in [0, 0.05) is 17.7 Å². The summed E-state index contributed by atoms with van der Waals surface area (Å²) >= 11 is 12.8. The zero-order valence-electron chi connectivity index (χ0n) is 24.2. The number of ether oxygens (including phenoxy) is 4. The minimum Gasteiger partial charge on any atom is -0.495 e. The summed E-state index contributed by atoms with van der Waals surface area (Å²) in [7, 11) is 5.56. The molecule has 1 aliphatic rings. The number of carbonyl (C=O) groups is 2. The zero-order valence-corrected chi connectivity index (χ0v) is 25.7. The Balaban J connectivity index is 1.67. The summed E-state index contributed by atoms with van der Waals surface area (Å²) in [4.78, 5) is 28.9. The SMILES string of the molecule is COc1cc(OC)c(NC(=O)C2(c3ccc(-c4cccc(C(F)(F)F)c4)o3)CC(=O)N2c2cc(Cl)c(OC)cc2OC)cc1Cl. The molecule has 9 nitrogen and oxygen atoms in total. The molecule has 1 fully saturated rings. The predicted octanol–water partition coefficient (Wildman–Crippen LogP) is 7.58. The molecule has 45 heavy (non-hydrogen) atoms. The van der Waals surface area contributed by atoms with Crippen molar-refractivity contribution in [2.75, 3.05) is 38.7 Å². The normalized spacial score (nSPS) is 16.2. The number of alkyl halides is 3. The summed E-state index contributed by atoms with van der Waals surface area (Å²) < 4.78 is 67.9. The van der Waals surface area contributed by atoms with Gasteiger partial charge < -0.3 is 28.7 Å². The summed E-state index contributed by atoms with van der Waals surface area (Å²) in [5, 5.41) is 3.05. The number of amides is 2. The Morgan fingerprint density at radius 2 is 1.49 bits per heavy atom. The highest BCUT2D eigenvalue weighted by Gasteiger charge is 2.61. The van der Waals surface area contributed by atoms with Crippen LogP contribution in [0.15, 0.2) is 65.1 Å². The molecule has 4 aromatic rings. The Hall–Kier alpha value is -4.55. The van der Waals surface area contributed by atoms with Crippen LogP contribution in [-0.4, -0.2) is 40.3 Å². The van der Waals surface area contributed by atoms with Gasteiger partial charge in [0.2, 0.25) is 5.91 Å². The van der Waals surface area contributed by atoms with Crippen LogP contribution in [-0.2, 0) is 21.3 Å². The van der Waals surface area contributed by atoms with E-state index in [1.165, 1.54) is 77.0 Å². The molecule has 0 radical (unpaired) electrons. The smallest absolute Gasteiger partial charge is 0.416 e. The zero-order chi connectivity index (χ0) is 32.7. The molecule has 0 aliphatic carbocycles. The van der Waals surface area contributed by atoms with Gasteiger partial charge in [0.05, 0.1) is 61.8 Å². The number of rotatable bonds is 9. The van der Waals surface area contributed by atoms with E-state index in [1.54, 1.807) is 0 Å². The Labute approximate surface area is 265 Å². The molecule has 3 aromatic carbocycles. The van der Waals surface area contributed by atoms with Crippen LogP contribution in [0.3, 0.4) is 0 Å². The van der Waals surface area contributed by atoms with Crippen LogP contribution >= 0.6 is 23.2 Å². The van der Waals surface area contributed by atoms with Crippen molar-refractivity contribution in [2.45, 2.75) is 18.1 Å². The Bertz CT molecular complexity index is 1790. The molecular weight excluding hydrogens is 640 g/mol.